The zero-order valence-corrected chi connectivity index (χ0v) is 8.42. The fourth-order valence-electron chi connectivity index (χ4n) is 1.53. The van der Waals surface area contributed by atoms with Gasteiger partial charge in [-0.1, -0.05) is 18.2 Å². The summed E-state index contributed by atoms with van der Waals surface area (Å²) in [5.74, 6) is 0. The first-order chi connectivity index (χ1) is 7.70. The number of aromatic nitrogens is 2. The molecule has 2 aromatic rings. The second kappa shape index (κ2) is 4.40. The van der Waals surface area contributed by atoms with Crippen LogP contribution in [0, 0.1) is 0 Å². The summed E-state index contributed by atoms with van der Waals surface area (Å²) in [6.45, 7) is 0. The van der Waals surface area contributed by atoms with E-state index >= 15 is 0 Å². The van der Waals surface area contributed by atoms with Crippen LogP contribution in [0.25, 0.3) is 5.69 Å². The predicted octanol–water partition coefficient (Wildman–Crippen LogP) is 2.14. The van der Waals surface area contributed by atoms with Crippen LogP contribution in [0.3, 0.4) is 0 Å². The van der Waals surface area contributed by atoms with E-state index in [1.165, 1.54) is 4.68 Å². The van der Waals surface area contributed by atoms with Gasteiger partial charge < -0.3 is 5.73 Å². The van der Waals surface area contributed by atoms with Gasteiger partial charge in [-0.2, -0.15) is 5.10 Å². The average molecular weight is 223 g/mol. The average Bonchev–Trinajstić information content (AvgIpc) is 2.81. The van der Waals surface area contributed by atoms with Crippen molar-refractivity contribution >= 4 is 0 Å². The smallest absolute Gasteiger partial charge is 0.257 e. The van der Waals surface area contributed by atoms with E-state index in [1.807, 2.05) is 0 Å². The molecule has 0 saturated carbocycles. The molecule has 5 heteroatoms. The van der Waals surface area contributed by atoms with Gasteiger partial charge in [0, 0.05) is 18.0 Å². The molecular weight excluding hydrogens is 212 g/mol. The van der Waals surface area contributed by atoms with Crippen molar-refractivity contribution in [2.24, 2.45) is 5.73 Å². The highest BCUT2D eigenvalue weighted by Crippen LogP contribution is 2.23. The largest absolute Gasteiger partial charge is 0.319 e. The summed E-state index contributed by atoms with van der Waals surface area (Å²) in [5, 5.41) is 4.01. The molecular formula is C11H11F2N3. The molecule has 0 aliphatic carbocycles. The first-order valence-electron chi connectivity index (χ1n) is 4.83. The molecule has 0 radical (unpaired) electrons. The monoisotopic (exact) mass is 223 g/mol. The summed E-state index contributed by atoms with van der Waals surface area (Å²) in [7, 11) is 0. The number of nitrogens with two attached hydrogens (primary N) is 1. The van der Waals surface area contributed by atoms with Crippen molar-refractivity contribution < 1.29 is 8.78 Å². The second-order valence-electron chi connectivity index (χ2n) is 3.37. The van der Waals surface area contributed by atoms with Gasteiger partial charge in [0.2, 0.25) is 0 Å². The van der Waals surface area contributed by atoms with Crippen LogP contribution in [-0.2, 0) is 0 Å². The lowest BCUT2D eigenvalue weighted by Crippen LogP contribution is -2.20. The number of rotatable bonds is 3. The Morgan fingerprint density at radius 1 is 1.19 bits per heavy atom. The Balaban J connectivity index is 2.46. The van der Waals surface area contributed by atoms with Gasteiger partial charge in [0.25, 0.3) is 6.43 Å². The number of nitrogens with zero attached hydrogens (tertiary/aromatic N) is 2. The topological polar surface area (TPSA) is 43.8 Å². The van der Waals surface area contributed by atoms with Crippen molar-refractivity contribution in [3.05, 3.63) is 48.3 Å². The number of hydrogen-bond donors (Lipinski definition) is 1. The third-order valence-corrected chi connectivity index (χ3v) is 2.32. The van der Waals surface area contributed by atoms with Crippen molar-refractivity contribution in [1.82, 2.24) is 9.78 Å². The number of para-hydroxylation sites is 1. The lowest BCUT2D eigenvalue weighted by Gasteiger charge is -2.15. The molecule has 0 aliphatic heterocycles. The number of benzene rings is 1. The third kappa shape index (κ3) is 1.94. The summed E-state index contributed by atoms with van der Waals surface area (Å²) in [6, 6.07) is 7.19. The van der Waals surface area contributed by atoms with Crippen LogP contribution in [0.1, 0.15) is 11.6 Å². The molecule has 1 aromatic heterocycles. The normalized spacial score (nSPS) is 13.0. The molecule has 0 bridgehead atoms. The molecule has 1 aromatic carbocycles. The molecule has 3 nitrogen and oxygen atoms in total. The third-order valence-electron chi connectivity index (χ3n) is 2.32. The van der Waals surface area contributed by atoms with Gasteiger partial charge >= 0.3 is 0 Å². The fraction of sp³-hybridized carbons (Fsp3) is 0.182. The van der Waals surface area contributed by atoms with Crippen LogP contribution < -0.4 is 5.73 Å². The van der Waals surface area contributed by atoms with Gasteiger partial charge in [-0.3, -0.25) is 0 Å². The molecule has 2 N–H and O–H groups in total. The lowest BCUT2D eigenvalue weighted by molar-refractivity contribution is 0.116. The molecule has 0 fully saturated rings. The maximum Gasteiger partial charge on any atom is 0.257 e. The Kier molecular flexibility index (Phi) is 2.96. The summed E-state index contributed by atoms with van der Waals surface area (Å²) in [4.78, 5) is 0. The molecule has 0 aliphatic rings. The number of halogens is 2. The van der Waals surface area contributed by atoms with Crippen LogP contribution in [0.5, 0.6) is 0 Å². The minimum Gasteiger partial charge on any atom is -0.319 e. The van der Waals surface area contributed by atoms with E-state index in [2.05, 4.69) is 5.10 Å². The van der Waals surface area contributed by atoms with Gasteiger partial charge in [0.05, 0.1) is 11.7 Å². The van der Waals surface area contributed by atoms with Crippen molar-refractivity contribution in [1.29, 1.82) is 0 Å². The lowest BCUT2D eigenvalue weighted by atomic mass is 10.1. The highest BCUT2D eigenvalue weighted by atomic mass is 19.3. The van der Waals surface area contributed by atoms with Crippen LogP contribution in [0.15, 0.2) is 42.7 Å². The molecule has 0 amide bonds. The SMILES string of the molecule is NC(c1ccccc1-n1cccn1)C(F)F. The van der Waals surface area contributed by atoms with Gasteiger partial charge in [-0.25, -0.2) is 13.5 Å². The first kappa shape index (κ1) is 10.8. The predicted molar refractivity (Wildman–Crippen MR) is 56.5 cm³/mol. The van der Waals surface area contributed by atoms with E-state index in [1.54, 1.807) is 42.7 Å². The molecule has 16 heavy (non-hydrogen) atoms. The van der Waals surface area contributed by atoms with E-state index in [0.717, 1.165) is 0 Å². The van der Waals surface area contributed by atoms with Crippen molar-refractivity contribution in [3.63, 3.8) is 0 Å². The van der Waals surface area contributed by atoms with Gasteiger partial charge in [-0.05, 0) is 12.1 Å². The Bertz CT molecular complexity index is 454. The molecule has 0 saturated heterocycles. The Hall–Kier alpha value is -1.75. The van der Waals surface area contributed by atoms with Crippen LogP contribution >= 0.6 is 0 Å². The second-order valence-corrected chi connectivity index (χ2v) is 3.37. The summed E-state index contributed by atoms with van der Waals surface area (Å²) >= 11 is 0. The standard InChI is InChI=1S/C11H11F2N3/c12-11(13)10(14)8-4-1-2-5-9(8)16-7-3-6-15-16/h1-7,10-11H,14H2. The van der Waals surface area contributed by atoms with E-state index in [0.29, 0.717) is 11.3 Å². The maximum atomic E-state index is 12.6. The van der Waals surface area contributed by atoms with Crippen molar-refractivity contribution in [3.8, 4) is 5.69 Å². The molecule has 0 spiro atoms. The van der Waals surface area contributed by atoms with Crippen molar-refractivity contribution in [2.45, 2.75) is 12.5 Å². The Morgan fingerprint density at radius 2 is 1.94 bits per heavy atom. The minimum absolute atomic E-state index is 0.390. The van der Waals surface area contributed by atoms with Crippen molar-refractivity contribution in [2.75, 3.05) is 0 Å². The molecule has 1 heterocycles. The highest BCUT2D eigenvalue weighted by molar-refractivity contribution is 5.42. The van der Waals surface area contributed by atoms with Crippen LogP contribution in [0.4, 0.5) is 8.78 Å². The van der Waals surface area contributed by atoms with E-state index < -0.39 is 12.5 Å². The van der Waals surface area contributed by atoms with Crippen LogP contribution in [0.2, 0.25) is 0 Å². The quantitative estimate of drug-likeness (QED) is 0.866. The Morgan fingerprint density at radius 3 is 2.56 bits per heavy atom. The molecule has 1 unspecified atom stereocenters. The van der Waals surface area contributed by atoms with E-state index in [9.17, 15) is 8.78 Å². The maximum absolute atomic E-state index is 12.6. The minimum atomic E-state index is -2.59. The van der Waals surface area contributed by atoms with E-state index in [4.69, 9.17) is 5.73 Å². The molecule has 2 rings (SSSR count). The summed E-state index contributed by atoms with van der Waals surface area (Å²) in [6.07, 6.45) is 0.693. The zero-order chi connectivity index (χ0) is 11.5. The highest BCUT2D eigenvalue weighted by Gasteiger charge is 2.20. The molecule has 84 valence electrons. The van der Waals surface area contributed by atoms with E-state index in [-0.39, 0.29) is 0 Å². The molecule has 1 atom stereocenters. The fourth-order valence-corrected chi connectivity index (χ4v) is 1.53. The number of alkyl halides is 2. The van der Waals surface area contributed by atoms with Gasteiger partial charge in [-0.15, -0.1) is 0 Å². The zero-order valence-electron chi connectivity index (χ0n) is 8.42. The summed E-state index contributed by atoms with van der Waals surface area (Å²) < 4.78 is 26.7. The summed E-state index contributed by atoms with van der Waals surface area (Å²) in [5.41, 5.74) is 6.43. The van der Waals surface area contributed by atoms with Gasteiger partial charge in [0.1, 0.15) is 0 Å². The van der Waals surface area contributed by atoms with Gasteiger partial charge in [0.15, 0.2) is 0 Å². The first-order valence-corrected chi connectivity index (χ1v) is 4.83. The number of hydrogen-bond acceptors (Lipinski definition) is 2. The Labute approximate surface area is 91.5 Å². The van der Waals surface area contributed by atoms with Crippen LogP contribution in [-0.4, -0.2) is 16.2 Å².